The highest BCUT2D eigenvalue weighted by atomic mass is 16.2. The molecule has 0 spiro atoms. The monoisotopic (exact) mass is 224 g/mol. The van der Waals surface area contributed by atoms with Gasteiger partial charge in [0.15, 0.2) is 0 Å². The van der Waals surface area contributed by atoms with E-state index in [1.54, 1.807) is 0 Å². The average Bonchev–Trinajstić information content (AvgIpc) is 3.01. The summed E-state index contributed by atoms with van der Waals surface area (Å²) < 4.78 is 0. The predicted octanol–water partition coefficient (Wildman–Crippen LogP) is 1.92. The van der Waals surface area contributed by atoms with Crippen molar-refractivity contribution in [3.63, 3.8) is 0 Å². The number of amides is 1. The van der Waals surface area contributed by atoms with Gasteiger partial charge in [-0.2, -0.15) is 0 Å². The molecule has 1 N–H and O–H groups in total. The molecule has 0 aromatic rings. The zero-order chi connectivity index (χ0) is 11.5. The van der Waals surface area contributed by atoms with Crippen molar-refractivity contribution in [3.8, 4) is 0 Å². The van der Waals surface area contributed by atoms with Crippen LogP contribution in [0.1, 0.15) is 52.4 Å². The minimum Gasteiger partial charge on any atom is -0.339 e. The molecule has 3 heteroatoms. The van der Waals surface area contributed by atoms with Crippen LogP contribution in [0.3, 0.4) is 0 Å². The Morgan fingerprint density at radius 1 is 1.44 bits per heavy atom. The second kappa shape index (κ2) is 5.17. The van der Waals surface area contributed by atoms with Crippen LogP contribution in [0, 0.1) is 0 Å². The smallest absolute Gasteiger partial charge is 0.240 e. The van der Waals surface area contributed by atoms with Crippen LogP contribution in [-0.2, 0) is 4.79 Å². The van der Waals surface area contributed by atoms with E-state index < -0.39 is 0 Å². The number of unbranched alkanes of at least 4 members (excludes halogenated alkanes) is 1. The first-order valence-electron chi connectivity index (χ1n) is 6.79. The lowest BCUT2D eigenvalue weighted by atomic mass is 10.1. The molecule has 1 aliphatic carbocycles. The van der Waals surface area contributed by atoms with Gasteiger partial charge in [0, 0.05) is 18.6 Å². The molecule has 92 valence electrons. The van der Waals surface area contributed by atoms with Gasteiger partial charge in [0.25, 0.3) is 0 Å². The van der Waals surface area contributed by atoms with Crippen molar-refractivity contribution < 1.29 is 4.79 Å². The Kier molecular flexibility index (Phi) is 3.85. The van der Waals surface area contributed by atoms with Gasteiger partial charge < -0.3 is 10.2 Å². The van der Waals surface area contributed by atoms with Crippen molar-refractivity contribution in [1.82, 2.24) is 10.2 Å². The molecule has 0 radical (unpaired) electrons. The Bertz CT molecular complexity index is 250. The number of rotatable bonds is 6. The largest absolute Gasteiger partial charge is 0.339 e. The van der Waals surface area contributed by atoms with E-state index in [0.717, 1.165) is 19.4 Å². The lowest BCUT2D eigenvalue weighted by Gasteiger charge is -2.24. The summed E-state index contributed by atoms with van der Waals surface area (Å²) in [5.74, 6) is 0.343. The third-order valence-corrected chi connectivity index (χ3v) is 3.76. The van der Waals surface area contributed by atoms with Crippen LogP contribution >= 0.6 is 0 Å². The van der Waals surface area contributed by atoms with Crippen molar-refractivity contribution >= 4 is 5.91 Å². The van der Waals surface area contributed by atoms with E-state index in [2.05, 4.69) is 24.1 Å². The van der Waals surface area contributed by atoms with Gasteiger partial charge in [-0.05, 0) is 32.6 Å². The second-order valence-corrected chi connectivity index (χ2v) is 5.31. The summed E-state index contributed by atoms with van der Waals surface area (Å²) in [6.07, 6.45) is 7.12. The fourth-order valence-electron chi connectivity index (χ4n) is 2.48. The molecule has 0 aromatic carbocycles. The van der Waals surface area contributed by atoms with E-state index in [-0.39, 0.29) is 6.04 Å². The first-order chi connectivity index (χ1) is 7.72. The Balaban J connectivity index is 1.80. The average molecular weight is 224 g/mol. The Hall–Kier alpha value is -0.570. The fraction of sp³-hybridized carbons (Fsp3) is 0.923. The molecule has 2 aliphatic rings. The van der Waals surface area contributed by atoms with Gasteiger partial charge in [0.1, 0.15) is 0 Å². The van der Waals surface area contributed by atoms with E-state index >= 15 is 0 Å². The quantitative estimate of drug-likeness (QED) is 0.747. The van der Waals surface area contributed by atoms with Crippen LogP contribution in [-0.4, -0.2) is 35.5 Å². The van der Waals surface area contributed by atoms with Gasteiger partial charge in [-0.15, -0.1) is 0 Å². The molecule has 2 atom stereocenters. The lowest BCUT2D eigenvalue weighted by Crippen LogP contribution is -2.42. The summed E-state index contributed by atoms with van der Waals surface area (Å²) in [5, 5.41) is 3.45. The number of hydrogen-bond acceptors (Lipinski definition) is 2. The third kappa shape index (κ3) is 2.76. The maximum absolute atomic E-state index is 12.1. The van der Waals surface area contributed by atoms with Crippen molar-refractivity contribution in [1.29, 1.82) is 0 Å². The number of likely N-dealkylation sites (tertiary alicyclic amines) is 1. The minimum absolute atomic E-state index is 0.122. The molecule has 1 saturated carbocycles. The van der Waals surface area contributed by atoms with E-state index in [1.165, 1.54) is 25.7 Å². The zero-order valence-electron chi connectivity index (χ0n) is 10.5. The summed E-state index contributed by atoms with van der Waals surface area (Å²) in [4.78, 5) is 14.2. The number of carbonyl (C=O) groups is 1. The van der Waals surface area contributed by atoms with Gasteiger partial charge in [0.05, 0.1) is 6.04 Å². The van der Waals surface area contributed by atoms with Crippen LogP contribution < -0.4 is 5.32 Å². The first kappa shape index (κ1) is 11.9. The molecule has 2 fully saturated rings. The van der Waals surface area contributed by atoms with Gasteiger partial charge in [-0.3, -0.25) is 4.79 Å². The Morgan fingerprint density at radius 2 is 2.19 bits per heavy atom. The fourth-order valence-corrected chi connectivity index (χ4v) is 2.48. The van der Waals surface area contributed by atoms with Crippen LogP contribution in [0.2, 0.25) is 0 Å². The normalized spacial score (nSPS) is 27.5. The van der Waals surface area contributed by atoms with Crippen LogP contribution in [0.5, 0.6) is 0 Å². The molecule has 1 aliphatic heterocycles. The summed E-state index contributed by atoms with van der Waals surface area (Å²) in [5.41, 5.74) is 0. The molecule has 2 unspecified atom stereocenters. The Morgan fingerprint density at radius 3 is 2.81 bits per heavy atom. The Labute approximate surface area is 98.6 Å². The summed E-state index contributed by atoms with van der Waals surface area (Å²) in [6.45, 7) is 5.34. The molecular formula is C13H24N2O. The molecule has 1 amide bonds. The van der Waals surface area contributed by atoms with E-state index in [9.17, 15) is 4.79 Å². The third-order valence-electron chi connectivity index (χ3n) is 3.76. The van der Waals surface area contributed by atoms with Crippen molar-refractivity contribution in [2.75, 3.05) is 6.54 Å². The second-order valence-electron chi connectivity index (χ2n) is 5.31. The lowest BCUT2D eigenvalue weighted by molar-refractivity contribution is -0.131. The maximum atomic E-state index is 12.1. The van der Waals surface area contributed by atoms with E-state index in [1.807, 2.05) is 0 Å². The minimum atomic E-state index is 0.122. The van der Waals surface area contributed by atoms with Crippen molar-refractivity contribution in [2.45, 2.75) is 70.5 Å². The number of nitrogens with zero attached hydrogens (tertiary/aromatic N) is 1. The molecule has 1 heterocycles. The SMILES string of the molecule is CCCCC(C)N1CCC(NC2CC2)C1=O. The zero-order valence-corrected chi connectivity index (χ0v) is 10.5. The maximum Gasteiger partial charge on any atom is 0.240 e. The summed E-state index contributed by atoms with van der Waals surface area (Å²) in [6, 6.07) is 1.19. The van der Waals surface area contributed by atoms with Crippen molar-refractivity contribution in [2.24, 2.45) is 0 Å². The summed E-state index contributed by atoms with van der Waals surface area (Å²) >= 11 is 0. The number of nitrogens with one attached hydrogen (secondary N) is 1. The highest BCUT2D eigenvalue weighted by Gasteiger charge is 2.36. The van der Waals surface area contributed by atoms with Crippen LogP contribution in [0.4, 0.5) is 0 Å². The van der Waals surface area contributed by atoms with E-state index in [0.29, 0.717) is 18.0 Å². The van der Waals surface area contributed by atoms with Gasteiger partial charge in [-0.25, -0.2) is 0 Å². The van der Waals surface area contributed by atoms with Gasteiger partial charge >= 0.3 is 0 Å². The highest BCUT2D eigenvalue weighted by Crippen LogP contribution is 2.24. The van der Waals surface area contributed by atoms with Gasteiger partial charge in [0.2, 0.25) is 5.91 Å². The summed E-state index contributed by atoms with van der Waals surface area (Å²) in [7, 11) is 0. The van der Waals surface area contributed by atoms with E-state index in [4.69, 9.17) is 0 Å². The predicted molar refractivity (Wildman–Crippen MR) is 65.3 cm³/mol. The first-order valence-corrected chi connectivity index (χ1v) is 6.79. The van der Waals surface area contributed by atoms with Crippen LogP contribution in [0.15, 0.2) is 0 Å². The topological polar surface area (TPSA) is 32.3 Å². The molecule has 1 saturated heterocycles. The molecule has 3 nitrogen and oxygen atoms in total. The van der Waals surface area contributed by atoms with Crippen molar-refractivity contribution in [3.05, 3.63) is 0 Å². The number of carbonyl (C=O) groups excluding carboxylic acids is 1. The van der Waals surface area contributed by atoms with Crippen LogP contribution in [0.25, 0.3) is 0 Å². The molecule has 0 bridgehead atoms. The highest BCUT2D eigenvalue weighted by molar-refractivity contribution is 5.84. The number of hydrogen-bond donors (Lipinski definition) is 1. The van der Waals surface area contributed by atoms with Gasteiger partial charge in [-0.1, -0.05) is 19.8 Å². The standard InChI is InChI=1S/C13H24N2O/c1-3-4-5-10(2)15-9-8-12(13(15)16)14-11-6-7-11/h10-12,14H,3-9H2,1-2H3. The molecule has 2 rings (SSSR count). The molecular weight excluding hydrogens is 200 g/mol. The molecule has 0 aromatic heterocycles. The molecule has 16 heavy (non-hydrogen) atoms.